The van der Waals surface area contributed by atoms with E-state index in [2.05, 4.69) is 4.98 Å². The fraction of sp³-hybridized carbons (Fsp3) is 0.400. The van der Waals surface area contributed by atoms with Crippen molar-refractivity contribution in [2.24, 2.45) is 0 Å². The highest BCUT2D eigenvalue weighted by Gasteiger charge is 2.05. The average Bonchev–Trinajstić information content (AvgIpc) is 2.48. The molecule has 1 aromatic heterocycles. The Morgan fingerprint density at radius 3 is 2.95 bits per heavy atom. The molecule has 0 amide bonds. The molecule has 0 unspecified atom stereocenters. The third kappa shape index (κ3) is 3.44. The number of hydrogen-bond donors (Lipinski definition) is 0. The Hall–Kier alpha value is -2.17. The standard InChI is InChI=1S/C15H18N2O3/c1-2-3-8-14(18)20-10-9-17-11-16-13-7-5-4-6-12(13)15(17)19/h4-7,11H,2-3,8-10H2,1H3. The van der Waals surface area contributed by atoms with Crippen LogP contribution in [0.3, 0.4) is 0 Å². The third-order valence-electron chi connectivity index (χ3n) is 3.06. The van der Waals surface area contributed by atoms with Gasteiger partial charge in [-0.15, -0.1) is 0 Å². The molecule has 0 radical (unpaired) electrons. The molecule has 2 rings (SSSR count). The number of ether oxygens (including phenoxy) is 1. The number of carbonyl (C=O) groups excluding carboxylic acids is 1. The van der Waals surface area contributed by atoms with Gasteiger partial charge >= 0.3 is 5.97 Å². The first-order valence-electron chi connectivity index (χ1n) is 6.82. The van der Waals surface area contributed by atoms with Crippen molar-refractivity contribution in [2.45, 2.75) is 32.7 Å². The monoisotopic (exact) mass is 274 g/mol. The second-order valence-electron chi connectivity index (χ2n) is 4.58. The predicted octanol–water partition coefficient (Wildman–Crippen LogP) is 2.13. The summed E-state index contributed by atoms with van der Waals surface area (Å²) in [5.41, 5.74) is 0.564. The van der Waals surface area contributed by atoms with Gasteiger partial charge in [0.25, 0.3) is 5.56 Å². The maximum Gasteiger partial charge on any atom is 0.305 e. The number of nitrogens with zero attached hydrogens (tertiary/aromatic N) is 2. The van der Waals surface area contributed by atoms with Crippen LogP contribution < -0.4 is 5.56 Å². The Labute approximate surface area is 117 Å². The third-order valence-corrected chi connectivity index (χ3v) is 3.06. The summed E-state index contributed by atoms with van der Waals surface area (Å²) in [6.07, 6.45) is 3.71. The zero-order chi connectivity index (χ0) is 14.4. The predicted molar refractivity (Wildman–Crippen MR) is 76.5 cm³/mol. The summed E-state index contributed by atoms with van der Waals surface area (Å²) in [5.74, 6) is -0.214. The van der Waals surface area contributed by atoms with Gasteiger partial charge in [-0.25, -0.2) is 4.98 Å². The molecule has 2 aromatic rings. The fourth-order valence-corrected chi connectivity index (χ4v) is 1.92. The van der Waals surface area contributed by atoms with E-state index < -0.39 is 0 Å². The van der Waals surface area contributed by atoms with E-state index in [1.807, 2.05) is 13.0 Å². The molecule has 5 nitrogen and oxygen atoms in total. The molecule has 0 fully saturated rings. The quantitative estimate of drug-likeness (QED) is 0.757. The smallest absolute Gasteiger partial charge is 0.305 e. The van der Waals surface area contributed by atoms with Gasteiger partial charge in [-0.1, -0.05) is 25.5 Å². The lowest BCUT2D eigenvalue weighted by atomic mass is 10.2. The number of aromatic nitrogens is 2. The number of fused-ring (bicyclic) bond motifs is 1. The fourth-order valence-electron chi connectivity index (χ4n) is 1.92. The summed E-state index contributed by atoms with van der Waals surface area (Å²) >= 11 is 0. The van der Waals surface area contributed by atoms with Crippen LogP contribution in [0.15, 0.2) is 35.4 Å². The Morgan fingerprint density at radius 2 is 2.15 bits per heavy atom. The van der Waals surface area contributed by atoms with Gasteiger partial charge in [-0.3, -0.25) is 14.2 Å². The Morgan fingerprint density at radius 1 is 1.35 bits per heavy atom. The number of unbranched alkanes of at least 4 members (excludes halogenated alkanes) is 1. The van der Waals surface area contributed by atoms with Gasteiger partial charge < -0.3 is 4.74 Å². The van der Waals surface area contributed by atoms with E-state index in [4.69, 9.17) is 4.74 Å². The van der Waals surface area contributed by atoms with Crippen molar-refractivity contribution in [1.29, 1.82) is 0 Å². The maximum atomic E-state index is 12.2. The molecule has 0 aliphatic rings. The summed E-state index contributed by atoms with van der Waals surface area (Å²) in [6, 6.07) is 7.19. The molecule has 0 saturated heterocycles. The van der Waals surface area contributed by atoms with Gasteiger partial charge in [-0.05, 0) is 18.6 Å². The molecule has 0 aliphatic heterocycles. The van der Waals surface area contributed by atoms with Crippen LogP contribution >= 0.6 is 0 Å². The number of hydrogen-bond acceptors (Lipinski definition) is 4. The molecule has 0 aliphatic carbocycles. The Kier molecular flexibility index (Phi) is 4.87. The number of rotatable bonds is 6. The van der Waals surface area contributed by atoms with E-state index in [0.29, 0.717) is 23.9 Å². The lowest BCUT2D eigenvalue weighted by Gasteiger charge is -2.07. The van der Waals surface area contributed by atoms with Crippen LogP contribution in [-0.4, -0.2) is 22.1 Å². The number of esters is 1. The number of benzene rings is 1. The van der Waals surface area contributed by atoms with E-state index in [1.54, 1.807) is 18.2 Å². The molecular formula is C15H18N2O3. The minimum Gasteiger partial charge on any atom is -0.464 e. The van der Waals surface area contributed by atoms with E-state index in [-0.39, 0.29) is 18.1 Å². The van der Waals surface area contributed by atoms with Crippen LogP contribution in [0, 0.1) is 0 Å². The summed E-state index contributed by atoms with van der Waals surface area (Å²) < 4.78 is 6.56. The van der Waals surface area contributed by atoms with Crippen molar-refractivity contribution < 1.29 is 9.53 Å². The van der Waals surface area contributed by atoms with Crippen LogP contribution in [0.25, 0.3) is 10.9 Å². The second kappa shape index (κ2) is 6.84. The molecule has 5 heteroatoms. The topological polar surface area (TPSA) is 61.2 Å². The first kappa shape index (κ1) is 14.2. The van der Waals surface area contributed by atoms with Crippen molar-refractivity contribution in [3.8, 4) is 0 Å². The van der Waals surface area contributed by atoms with Crippen molar-refractivity contribution >= 4 is 16.9 Å². The molecule has 1 aromatic carbocycles. The van der Waals surface area contributed by atoms with Gasteiger partial charge in [0.15, 0.2) is 0 Å². The van der Waals surface area contributed by atoms with E-state index in [0.717, 1.165) is 12.8 Å². The Balaban J connectivity index is 1.99. The number of carbonyl (C=O) groups is 1. The second-order valence-corrected chi connectivity index (χ2v) is 4.58. The lowest BCUT2D eigenvalue weighted by Crippen LogP contribution is -2.23. The normalized spacial score (nSPS) is 10.7. The highest BCUT2D eigenvalue weighted by Crippen LogP contribution is 2.04. The van der Waals surface area contributed by atoms with Crippen molar-refractivity contribution in [3.05, 3.63) is 40.9 Å². The first-order chi connectivity index (χ1) is 9.72. The summed E-state index contributed by atoms with van der Waals surface area (Å²) in [7, 11) is 0. The highest BCUT2D eigenvalue weighted by atomic mass is 16.5. The first-order valence-corrected chi connectivity index (χ1v) is 6.82. The largest absolute Gasteiger partial charge is 0.464 e. The van der Waals surface area contributed by atoms with Crippen molar-refractivity contribution in [2.75, 3.05) is 6.61 Å². The molecular weight excluding hydrogens is 256 g/mol. The van der Waals surface area contributed by atoms with Crippen molar-refractivity contribution in [1.82, 2.24) is 9.55 Å². The Bertz CT molecular complexity index is 649. The van der Waals surface area contributed by atoms with E-state index in [9.17, 15) is 9.59 Å². The SMILES string of the molecule is CCCCC(=O)OCCn1cnc2ccccc2c1=O. The molecule has 20 heavy (non-hydrogen) atoms. The van der Waals surface area contributed by atoms with Crippen molar-refractivity contribution in [3.63, 3.8) is 0 Å². The minimum absolute atomic E-state index is 0.111. The van der Waals surface area contributed by atoms with Gasteiger partial charge in [0, 0.05) is 6.42 Å². The molecule has 0 atom stereocenters. The molecule has 0 spiro atoms. The molecule has 0 N–H and O–H groups in total. The molecule has 0 saturated carbocycles. The number of para-hydroxylation sites is 1. The molecule has 0 bridgehead atoms. The van der Waals surface area contributed by atoms with Gasteiger partial charge in [0.05, 0.1) is 23.8 Å². The summed E-state index contributed by atoms with van der Waals surface area (Å²) in [6.45, 7) is 2.55. The highest BCUT2D eigenvalue weighted by molar-refractivity contribution is 5.76. The van der Waals surface area contributed by atoms with Gasteiger partial charge in [0.1, 0.15) is 6.61 Å². The summed E-state index contributed by atoms with van der Waals surface area (Å²) in [4.78, 5) is 27.7. The van der Waals surface area contributed by atoms with E-state index in [1.165, 1.54) is 10.9 Å². The molecule has 1 heterocycles. The van der Waals surface area contributed by atoms with Gasteiger partial charge in [0.2, 0.25) is 0 Å². The van der Waals surface area contributed by atoms with Crippen LogP contribution in [0.2, 0.25) is 0 Å². The van der Waals surface area contributed by atoms with Crippen LogP contribution in [-0.2, 0) is 16.1 Å². The minimum atomic E-state index is -0.214. The zero-order valence-electron chi connectivity index (χ0n) is 11.5. The molecule has 106 valence electrons. The summed E-state index contributed by atoms with van der Waals surface area (Å²) in [5, 5.41) is 0.576. The lowest BCUT2D eigenvalue weighted by molar-refractivity contribution is -0.144. The van der Waals surface area contributed by atoms with Crippen LogP contribution in [0.4, 0.5) is 0 Å². The zero-order valence-corrected chi connectivity index (χ0v) is 11.5. The maximum absolute atomic E-state index is 12.2. The van der Waals surface area contributed by atoms with E-state index >= 15 is 0 Å². The van der Waals surface area contributed by atoms with Gasteiger partial charge in [-0.2, -0.15) is 0 Å². The average molecular weight is 274 g/mol. The van der Waals surface area contributed by atoms with Crippen LogP contribution in [0.5, 0.6) is 0 Å². The van der Waals surface area contributed by atoms with Crippen LogP contribution in [0.1, 0.15) is 26.2 Å².